The molecule has 0 fully saturated rings. The highest BCUT2D eigenvalue weighted by Crippen LogP contribution is 2.01. The summed E-state index contributed by atoms with van der Waals surface area (Å²) < 4.78 is 22.1. The Balaban J connectivity index is 3.38. The summed E-state index contributed by atoms with van der Waals surface area (Å²) in [7, 11) is 0. The van der Waals surface area contributed by atoms with Crippen molar-refractivity contribution in [2.45, 2.75) is 66.0 Å². The van der Waals surface area contributed by atoms with Crippen molar-refractivity contribution in [1.82, 2.24) is 10.6 Å². The molecular formula is C18H40N2O4. The Morgan fingerprint density at radius 2 is 0.875 bits per heavy atom. The lowest BCUT2D eigenvalue weighted by Crippen LogP contribution is -2.27. The summed E-state index contributed by atoms with van der Waals surface area (Å²) >= 11 is 0. The second-order valence-corrected chi connectivity index (χ2v) is 5.46. The Hall–Kier alpha value is -0.240. The van der Waals surface area contributed by atoms with Crippen LogP contribution in [-0.2, 0) is 18.9 Å². The lowest BCUT2D eigenvalue weighted by atomic mass is 10.3. The van der Waals surface area contributed by atoms with Crippen LogP contribution in [0.3, 0.4) is 0 Å². The van der Waals surface area contributed by atoms with Crippen molar-refractivity contribution in [2.24, 2.45) is 0 Å². The first-order valence-electron chi connectivity index (χ1n) is 9.66. The van der Waals surface area contributed by atoms with Crippen molar-refractivity contribution in [3.8, 4) is 0 Å². The van der Waals surface area contributed by atoms with Crippen molar-refractivity contribution in [3.05, 3.63) is 0 Å². The lowest BCUT2D eigenvalue weighted by Gasteiger charge is -2.17. The fraction of sp³-hybridized carbons (Fsp3) is 1.00. The summed E-state index contributed by atoms with van der Waals surface area (Å²) in [6, 6.07) is 0. The van der Waals surface area contributed by atoms with Gasteiger partial charge in [-0.3, -0.25) is 0 Å². The molecule has 0 radical (unpaired) electrons. The second-order valence-electron chi connectivity index (χ2n) is 5.46. The van der Waals surface area contributed by atoms with Crippen LogP contribution >= 0.6 is 0 Å². The summed E-state index contributed by atoms with van der Waals surface area (Å²) in [5.74, 6) is 0. The Morgan fingerprint density at radius 1 is 0.542 bits per heavy atom. The summed E-state index contributed by atoms with van der Waals surface area (Å²) in [5, 5.41) is 6.90. The van der Waals surface area contributed by atoms with Crippen molar-refractivity contribution in [1.29, 1.82) is 0 Å². The maximum absolute atomic E-state index is 5.52. The molecule has 0 aromatic rings. The van der Waals surface area contributed by atoms with Crippen LogP contribution in [0.1, 0.15) is 53.4 Å². The molecule has 0 amide bonds. The molecule has 146 valence electrons. The number of rotatable bonds is 19. The average molecular weight is 349 g/mol. The predicted molar refractivity (Wildman–Crippen MR) is 98.3 cm³/mol. The molecule has 6 heteroatoms. The van der Waals surface area contributed by atoms with Crippen molar-refractivity contribution in [3.63, 3.8) is 0 Å². The molecule has 0 aromatic heterocycles. The van der Waals surface area contributed by atoms with E-state index in [0.29, 0.717) is 26.4 Å². The molecule has 0 spiro atoms. The van der Waals surface area contributed by atoms with Gasteiger partial charge in [0.2, 0.25) is 0 Å². The van der Waals surface area contributed by atoms with Gasteiger partial charge < -0.3 is 29.6 Å². The van der Waals surface area contributed by atoms with Gasteiger partial charge in [0.05, 0.1) is 0 Å². The van der Waals surface area contributed by atoms with E-state index in [1.165, 1.54) is 12.8 Å². The molecular weight excluding hydrogens is 308 g/mol. The lowest BCUT2D eigenvalue weighted by molar-refractivity contribution is -0.139. The Morgan fingerprint density at radius 3 is 1.17 bits per heavy atom. The van der Waals surface area contributed by atoms with Crippen LogP contribution in [0.2, 0.25) is 0 Å². The maximum Gasteiger partial charge on any atom is 0.158 e. The highest BCUT2D eigenvalue weighted by atomic mass is 16.7. The molecule has 24 heavy (non-hydrogen) atoms. The van der Waals surface area contributed by atoms with Crippen LogP contribution in [0.4, 0.5) is 0 Å². The minimum absolute atomic E-state index is 0.0715. The summed E-state index contributed by atoms with van der Waals surface area (Å²) in [6.07, 6.45) is 3.99. The third-order valence-corrected chi connectivity index (χ3v) is 3.48. The van der Waals surface area contributed by atoms with Gasteiger partial charge in [0.1, 0.15) is 0 Å². The van der Waals surface area contributed by atoms with Crippen LogP contribution < -0.4 is 10.6 Å². The topological polar surface area (TPSA) is 61.0 Å². The van der Waals surface area contributed by atoms with E-state index in [0.717, 1.165) is 39.0 Å². The summed E-state index contributed by atoms with van der Waals surface area (Å²) in [5.41, 5.74) is 0. The minimum Gasteiger partial charge on any atom is -0.353 e. The van der Waals surface area contributed by atoms with E-state index in [9.17, 15) is 0 Å². The minimum atomic E-state index is -0.0715. The van der Waals surface area contributed by atoms with Gasteiger partial charge in [-0.15, -0.1) is 0 Å². The molecule has 6 nitrogen and oxygen atoms in total. The van der Waals surface area contributed by atoms with Gasteiger partial charge in [0, 0.05) is 39.3 Å². The van der Waals surface area contributed by atoms with E-state index in [4.69, 9.17) is 18.9 Å². The van der Waals surface area contributed by atoms with Gasteiger partial charge in [-0.1, -0.05) is 0 Å². The highest BCUT2D eigenvalue weighted by Gasteiger charge is 2.07. The second kappa shape index (κ2) is 19.1. The van der Waals surface area contributed by atoms with Gasteiger partial charge >= 0.3 is 0 Å². The summed E-state index contributed by atoms with van der Waals surface area (Å²) in [6.45, 7) is 14.7. The smallest absolute Gasteiger partial charge is 0.158 e. The van der Waals surface area contributed by atoms with E-state index in [1.54, 1.807) is 0 Å². The predicted octanol–water partition coefficient (Wildman–Crippen LogP) is 2.52. The first-order chi connectivity index (χ1) is 11.8. The zero-order chi connectivity index (χ0) is 17.9. The molecule has 0 atom stereocenters. The van der Waals surface area contributed by atoms with Gasteiger partial charge in [-0.25, -0.2) is 0 Å². The third-order valence-electron chi connectivity index (χ3n) is 3.48. The molecule has 2 N–H and O–H groups in total. The van der Waals surface area contributed by atoms with Crippen LogP contribution in [0.15, 0.2) is 0 Å². The molecule has 0 unspecified atom stereocenters. The molecule has 0 saturated heterocycles. The highest BCUT2D eigenvalue weighted by molar-refractivity contribution is 4.55. The van der Waals surface area contributed by atoms with Gasteiger partial charge in [0.15, 0.2) is 12.6 Å². The van der Waals surface area contributed by atoms with Gasteiger partial charge in [0.25, 0.3) is 0 Å². The monoisotopic (exact) mass is 348 g/mol. The molecule has 0 bridgehead atoms. The van der Waals surface area contributed by atoms with Crippen molar-refractivity contribution < 1.29 is 18.9 Å². The number of nitrogens with one attached hydrogen (secondary N) is 2. The quantitative estimate of drug-likeness (QED) is 0.276. The number of unbranched alkanes of at least 4 members (excludes halogenated alkanes) is 1. The molecule has 0 heterocycles. The largest absolute Gasteiger partial charge is 0.353 e. The Labute approximate surface area is 148 Å². The van der Waals surface area contributed by atoms with Crippen molar-refractivity contribution >= 4 is 0 Å². The Kier molecular flexibility index (Phi) is 18.9. The average Bonchev–Trinajstić information content (AvgIpc) is 2.57. The fourth-order valence-electron chi connectivity index (χ4n) is 2.36. The van der Waals surface area contributed by atoms with E-state index in [1.807, 2.05) is 27.7 Å². The summed E-state index contributed by atoms with van der Waals surface area (Å²) in [4.78, 5) is 0. The van der Waals surface area contributed by atoms with Crippen LogP contribution in [0, 0.1) is 0 Å². The van der Waals surface area contributed by atoms with E-state index < -0.39 is 0 Å². The van der Waals surface area contributed by atoms with E-state index in [-0.39, 0.29) is 12.6 Å². The first-order valence-corrected chi connectivity index (χ1v) is 9.66. The zero-order valence-corrected chi connectivity index (χ0v) is 16.3. The van der Waals surface area contributed by atoms with Crippen LogP contribution in [0.25, 0.3) is 0 Å². The van der Waals surface area contributed by atoms with Crippen LogP contribution in [0.5, 0.6) is 0 Å². The molecule has 0 aromatic carbocycles. The Bertz CT molecular complexity index is 209. The van der Waals surface area contributed by atoms with E-state index >= 15 is 0 Å². The molecule has 0 aliphatic rings. The number of ether oxygens (including phenoxy) is 4. The SMILES string of the molecule is CCOC(CCNCCCCNCCC(OCC)OCC)OCC. The fourth-order valence-corrected chi connectivity index (χ4v) is 2.36. The standard InChI is InChI=1S/C18H40N2O4/c1-5-21-17(22-6-2)11-15-19-13-9-10-14-20-16-12-18(23-7-3)24-8-4/h17-20H,5-16H2,1-4H3. The van der Waals surface area contributed by atoms with Gasteiger partial charge in [-0.05, 0) is 66.7 Å². The molecule has 0 rings (SSSR count). The van der Waals surface area contributed by atoms with Gasteiger partial charge in [-0.2, -0.15) is 0 Å². The van der Waals surface area contributed by atoms with E-state index in [2.05, 4.69) is 10.6 Å². The zero-order valence-electron chi connectivity index (χ0n) is 16.3. The molecule has 0 saturated carbocycles. The number of hydrogen-bond donors (Lipinski definition) is 2. The maximum atomic E-state index is 5.52. The first kappa shape index (κ1) is 23.8. The van der Waals surface area contributed by atoms with Crippen LogP contribution in [-0.4, -0.2) is 65.2 Å². The molecule has 0 aliphatic heterocycles. The molecule has 0 aliphatic carbocycles. The normalized spacial score (nSPS) is 11.8. The number of hydrogen-bond acceptors (Lipinski definition) is 6. The third kappa shape index (κ3) is 15.3. The van der Waals surface area contributed by atoms with Crippen molar-refractivity contribution in [2.75, 3.05) is 52.6 Å².